The Bertz CT molecular complexity index is 305. The standard InChI is InChI=1S/C9H12AsNOS2/c1-12-9-5-3-2-4-8(9)11-10-13-6-7-14-10/h2-5,11H,6-7H2,1H3. The number of anilines is 1. The molecule has 1 fully saturated rings. The third-order valence-electron chi connectivity index (χ3n) is 1.82. The van der Waals surface area contributed by atoms with Crippen LogP contribution in [-0.4, -0.2) is 31.2 Å². The molecule has 1 heterocycles. The number of methoxy groups -OCH3 is 1. The van der Waals surface area contributed by atoms with E-state index in [4.69, 9.17) is 4.74 Å². The van der Waals surface area contributed by atoms with Gasteiger partial charge in [0.25, 0.3) is 0 Å². The van der Waals surface area contributed by atoms with Crippen LogP contribution >= 0.6 is 20.0 Å². The molecule has 0 spiro atoms. The Hall–Kier alpha value is 0.0784. The fourth-order valence-electron chi connectivity index (χ4n) is 1.18. The quantitative estimate of drug-likeness (QED) is 0.863. The number of ether oxygens (including phenoxy) is 1. The van der Waals surface area contributed by atoms with Gasteiger partial charge in [-0.15, -0.1) is 0 Å². The summed E-state index contributed by atoms with van der Waals surface area (Å²) in [5, 5.41) is 0. The van der Waals surface area contributed by atoms with E-state index in [9.17, 15) is 0 Å². The average molecular weight is 289 g/mol. The van der Waals surface area contributed by atoms with Gasteiger partial charge < -0.3 is 0 Å². The first-order valence-electron chi connectivity index (χ1n) is 4.36. The average Bonchev–Trinajstić information content (AvgIpc) is 2.71. The molecule has 0 saturated carbocycles. The zero-order valence-corrected chi connectivity index (χ0v) is 11.4. The van der Waals surface area contributed by atoms with Crippen LogP contribution in [0, 0.1) is 0 Å². The molecule has 0 aliphatic carbocycles. The fourth-order valence-corrected chi connectivity index (χ4v) is 13.8. The molecule has 1 aromatic rings. The van der Waals surface area contributed by atoms with E-state index >= 15 is 0 Å². The van der Waals surface area contributed by atoms with E-state index in [0.29, 0.717) is 0 Å². The van der Waals surface area contributed by atoms with E-state index in [1.54, 1.807) is 7.11 Å². The molecule has 0 aromatic heterocycles. The fraction of sp³-hybridized carbons (Fsp3) is 0.333. The summed E-state index contributed by atoms with van der Waals surface area (Å²) >= 11 is -0.913. The van der Waals surface area contributed by atoms with Crippen molar-refractivity contribution in [2.75, 3.05) is 22.8 Å². The van der Waals surface area contributed by atoms with Crippen molar-refractivity contribution in [3.8, 4) is 5.75 Å². The number of rotatable bonds is 3. The monoisotopic (exact) mass is 289 g/mol. The van der Waals surface area contributed by atoms with Gasteiger partial charge in [0.2, 0.25) is 0 Å². The van der Waals surface area contributed by atoms with Gasteiger partial charge in [-0.3, -0.25) is 0 Å². The van der Waals surface area contributed by atoms with E-state index in [1.165, 1.54) is 11.5 Å². The van der Waals surface area contributed by atoms with Crippen LogP contribution in [0.4, 0.5) is 5.69 Å². The summed E-state index contributed by atoms with van der Waals surface area (Å²) in [5.41, 5.74) is 1.15. The molecule has 0 radical (unpaired) electrons. The predicted molar refractivity (Wildman–Crippen MR) is 67.3 cm³/mol. The van der Waals surface area contributed by atoms with Crippen molar-refractivity contribution in [1.82, 2.24) is 0 Å². The van der Waals surface area contributed by atoms with E-state index in [0.717, 1.165) is 11.4 Å². The second-order valence-electron chi connectivity index (χ2n) is 2.74. The third kappa shape index (κ3) is 2.56. The molecule has 0 atom stereocenters. The molecule has 1 saturated heterocycles. The zero-order chi connectivity index (χ0) is 9.80. The number of benzene rings is 1. The molecule has 0 bridgehead atoms. The van der Waals surface area contributed by atoms with E-state index in [2.05, 4.69) is 30.3 Å². The minimum absolute atomic E-state index is 0.913. The summed E-state index contributed by atoms with van der Waals surface area (Å²) in [6, 6.07) is 8.14. The maximum absolute atomic E-state index is 5.30. The zero-order valence-electron chi connectivity index (χ0n) is 7.90. The number of hydrogen-bond donors (Lipinski definition) is 1. The maximum atomic E-state index is 5.30. The normalized spacial score (nSPS) is 16.9. The molecule has 5 heteroatoms. The molecule has 0 unspecified atom stereocenters. The molecular weight excluding hydrogens is 277 g/mol. The Morgan fingerprint density at radius 3 is 2.71 bits per heavy atom. The summed E-state index contributed by atoms with van der Waals surface area (Å²) in [6.07, 6.45) is 0. The molecule has 1 aromatic carbocycles. The van der Waals surface area contributed by atoms with Gasteiger partial charge in [-0.25, -0.2) is 0 Å². The minimum atomic E-state index is -0.913. The summed E-state index contributed by atoms with van der Waals surface area (Å²) in [7, 11) is 5.92. The number of nitrogens with one attached hydrogen (secondary N) is 1. The summed E-state index contributed by atoms with van der Waals surface area (Å²) in [4.78, 5) is 0. The molecule has 14 heavy (non-hydrogen) atoms. The Labute approximate surface area is 95.6 Å². The van der Waals surface area contributed by atoms with Gasteiger partial charge in [0.1, 0.15) is 0 Å². The summed E-state index contributed by atoms with van der Waals surface area (Å²) in [6.45, 7) is 0. The van der Waals surface area contributed by atoms with Crippen LogP contribution in [0.5, 0.6) is 5.75 Å². The van der Waals surface area contributed by atoms with Crippen LogP contribution in [0.2, 0.25) is 0 Å². The summed E-state index contributed by atoms with van der Waals surface area (Å²) < 4.78 is 8.91. The van der Waals surface area contributed by atoms with Crippen molar-refractivity contribution in [3.63, 3.8) is 0 Å². The van der Waals surface area contributed by atoms with Gasteiger partial charge in [0.05, 0.1) is 0 Å². The van der Waals surface area contributed by atoms with Crippen LogP contribution in [0.3, 0.4) is 0 Å². The second kappa shape index (κ2) is 5.24. The van der Waals surface area contributed by atoms with Crippen LogP contribution in [0.15, 0.2) is 24.3 Å². The van der Waals surface area contributed by atoms with E-state index in [-0.39, 0.29) is 0 Å². The van der Waals surface area contributed by atoms with Gasteiger partial charge in [-0.2, -0.15) is 0 Å². The van der Waals surface area contributed by atoms with Crippen LogP contribution in [-0.2, 0) is 0 Å². The van der Waals surface area contributed by atoms with Crippen molar-refractivity contribution in [1.29, 1.82) is 0 Å². The third-order valence-corrected chi connectivity index (χ3v) is 13.7. The molecule has 76 valence electrons. The Kier molecular flexibility index (Phi) is 3.97. The van der Waals surface area contributed by atoms with Gasteiger partial charge in [-0.1, -0.05) is 0 Å². The van der Waals surface area contributed by atoms with E-state index in [1.807, 2.05) is 18.2 Å². The van der Waals surface area contributed by atoms with Crippen molar-refractivity contribution in [2.45, 2.75) is 0 Å². The van der Waals surface area contributed by atoms with Crippen LogP contribution < -0.4 is 8.97 Å². The van der Waals surface area contributed by atoms with Gasteiger partial charge >= 0.3 is 95.9 Å². The Morgan fingerprint density at radius 1 is 1.29 bits per heavy atom. The van der Waals surface area contributed by atoms with Crippen molar-refractivity contribution in [3.05, 3.63) is 24.3 Å². The summed E-state index contributed by atoms with van der Waals surface area (Å²) in [5.74, 6) is 3.55. The number of hydrogen-bond acceptors (Lipinski definition) is 4. The predicted octanol–water partition coefficient (Wildman–Crippen LogP) is 2.57. The van der Waals surface area contributed by atoms with E-state index < -0.39 is 12.6 Å². The van der Waals surface area contributed by atoms with Gasteiger partial charge in [0, 0.05) is 0 Å². The SMILES string of the molecule is COc1ccccc1N[As]1SCCS1. The molecular formula is C9H12AsNOS2. The molecule has 2 rings (SSSR count). The first kappa shape index (κ1) is 10.6. The Balaban J connectivity index is 2.07. The van der Waals surface area contributed by atoms with Crippen molar-refractivity contribution in [2.24, 2.45) is 0 Å². The van der Waals surface area contributed by atoms with Gasteiger partial charge in [0.15, 0.2) is 0 Å². The van der Waals surface area contributed by atoms with Crippen molar-refractivity contribution >= 4 is 38.3 Å². The Morgan fingerprint density at radius 2 is 2.00 bits per heavy atom. The topological polar surface area (TPSA) is 21.3 Å². The molecule has 2 nitrogen and oxygen atoms in total. The number of para-hydroxylation sites is 2. The molecule has 1 aliphatic heterocycles. The molecule has 1 N–H and O–H groups in total. The van der Waals surface area contributed by atoms with Crippen molar-refractivity contribution < 1.29 is 4.74 Å². The molecule has 0 amide bonds. The van der Waals surface area contributed by atoms with Crippen LogP contribution in [0.1, 0.15) is 0 Å². The molecule has 1 aliphatic rings. The first-order chi connectivity index (χ1) is 6.90. The van der Waals surface area contributed by atoms with Crippen LogP contribution in [0.25, 0.3) is 0 Å². The van der Waals surface area contributed by atoms with Gasteiger partial charge in [-0.05, 0) is 0 Å². The second-order valence-corrected chi connectivity index (χ2v) is 13.9. The first-order valence-corrected chi connectivity index (χ1v) is 11.8.